The summed E-state index contributed by atoms with van der Waals surface area (Å²) in [5, 5.41) is 8.63. The summed E-state index contributed by atoms with van der Waals surface area (Å²) in [7, 11) is 3.52. The molecule has 0 unspecified atom stereocenters. The summed E-state index contributed by atoms with van der Waals surface area (Å²) >= 11 is 1.73. The number of nitrogens with zero attached hydrogens (tertiary/aromatic N) is 2. The quantitative estimate of drug-likeness (QED) is 0.536. The summed E-state index contributed by atoms with van der Waals surface area (Å²) in [6.45, 7) is 2.47. The van der Waals surface area contributed by atoms with Crippen molar-refractivity contribution in [3.8, 4) is 11.5 Å². The predicted molar refractivity (Wildman–Crippen MR) is 117 cm³/mol. The summed E-state index contributed by atoms with van der Waals surface area (Å²) in [5.74, 6) is 2.20. The molecular formula is C21H28N4O3S. The van der Waals surface area contributed by atoms with E-state index in [1.54, 1.807) is 30.3 Å². The summed E-state index contributed by atoms with van der Waals surface area (Å²) in [6, 6.07) is 9.92. The first-order valence-corrected chi connectivity index (χ1v) is 10.7. The van der Waals surface area contributed by atoms with Crippen molar-refractivity contribution < 1.29 is 14.3 Å². The highest BCUT2D eigenvalue weighted by Gasteiger charge is 2.12. The first kappa shape index (κ1) is 21.0. The van der Waals surface area contributed by atoms with Crippen LogP contribution in [0.3, 0.4) is 0 Å². The minimum absolute atomic E-state index is 0.0750. The van der Waals surface area contributed by atoms with Gasteiger partial charge in [-0.15, -0.1) is 11.3 Å². The minimum Gasteiger partial charge on any atom is -0.490 e. The number of thiophene rings is 1. The van der Waals surface area contributed by atoms with Gasteiger partial charge in [0.2, 0.25) is 5.91 Å². The highest BCUT2D eigenvalue weighted by Crippen LogP contribution is 2.32. The van der Waals surface area contributed by atoms with Gasteiger partial charge in [-0.05, 0) is 23.6 Å². The molecule has 0 saturated heterocycles. The first-order valence-electron chi connectivity index (χ1n) is 9.79. The second-order valence-electron chi connectivity index (χ2n) is 6.86. The summed E-state index contributed by atoms with van der Waals surface area (Å²) in [4.78, 5) is 19.4. The van der Waals surface area contributed by atoms with Crippen LogP contribution in [0.4, 0.5) is 5.69 Å². The molecule has 1 aromatic heterocycles. The number of benzene rings is 1. The van der Waals surface area contributed by atoms with Crippen molar-refractivity contribution in [3.63, 3.8) is 0 Å². The number of carbonyl (C=O) groups excluding carboxylic acids is 1. The Morgan fingerprint density at radius 1 is 1.21 bits per heavy atom. The largest absolute Gasteiger partial charge is 0.490 e. The first-order chi connectivity index (χ1) is 14.1. The molecule has 1 aromatic carbocycles. The Labute approximate surface area is 175 Å². The number of carbonyl (C=O) groups is 1. The Kier molecular flexibility index (Phi) is 7.75. The fourth-order valence-electron chi connectivity index (χ4n) is 2.76. The van der Waals surface area contributed by atoms with Crippen LogP contribution in [-0.4, -0.2) is 57.2 Å². The van der Waals surface area contributed by atoms with E-state index in [1.807, 2.05) is 24.3 Å². The molecule has 2 N–H and O–H groups in total. The summed E-state index contributed by atoms with van der Waals surface area (Å²) in [5.41, 5.74) is 0.857. The highest BCUT2D eigenvalue weighted by molar-refractivity contribution is 7.09. The van der Waals surface area contributed by atoms with E-state index < -0.39 is 0 Å². The molecule has 0 atom stereocenters. The van der Waals surface area contributed by atoms with Gasteiger partial charge in [-0.1, -0.05) is 6.07 Å². The van der Waals surface area contributed by atoms with Crippen LogP contribution in [0.25, 0.3) is 0 Å². The number of ether oxygens (including phenoxy) is 2. The molecule has 3 rings (SSSR count). The van der Waals surface area contributed by atoms with E-state index in [-0.39, 0.29) is 5.91 Å². The molecule has 0 radical (unpaired) electrons. The monoisotopic (exact) mass is 416 g/mol. The van der Waals surface area contributed by atoms with E-state index in [4.69, 9.17) is 9.47 Å². The standard InChI is InChI=1S/C21H28N4O3S/c1-25(2)20(26)9-11-23-21(22-10-8-17-5-3-14-29-17)24-16-6-7-18-19(15-16)28-13-4-12-27-18/h3,5-7,14-15H,4,8-13H2,1-2H3,(H2,22,23,24). The zero-order valence-corrected chi connectivity index (χ0v) is 17.8. The highest BCUT2D eigenvalue weighted by atomic mass is 32.1. The average molecular weight is 417 g/mol. The molecule has 8 heteroatoms. The third-order valence-electron chi connectivity index (χ3n) is 4.35. The molecule has 2 heterocycles. The van der Waals surface area contributed by atoms with E-state index in [1.165, 1.54) is 4.88 Å². The normalized spacial score (nSPS) is 13.5. The Hall–Kier alpha value is -2.74. The maximum atomic E-state index is 11.8. The van der Waals surface area contributed by atoms with Crippen LogP contribution in [0.15, 0.2) is 40.7 Å². The van der Waals surface area contributed by atoms with Crippen molar-refractivity contribution in [1.82, 2.24) is 10.2 Å². The van der Waals surface area contributed by atoms with E-state index in [0.717, 1.165) is 30.0 Å². The zero-order chi connectivity index (χ0) is 20.5. The zero-order valence-electron chi connectivity index (χ0n) is 16.9. The van der Waals surface area contributed by atoms with Gasteiger partial charge in [0.25, 0.3) is 0 Å². The molecule has 0 saturated carbocycles. The van der Waals surface area contributed by atoms with Crippen molar-refractivity contribution in [1.29, 1.82) is 0 Å². The predicted octanol–water partition coefficient (Wildman–Crippen LogP) is 2.99. The van der Waals surface area contributed by atoms with Gasteiger partial charge in [0.05, 0.1) is 13.2 Å². The second kappa shape index (κ2) is 10.7. The van der Waals surface area contributed by atoms with Crippen LogP contribution in [0.2, 0.25) is 0 Å². The van der Waals surface area contributed by atoms with Gasteiger partial charge in [-0.3, -0.25) is 9.79 Å². The number of fused-ring (bicyclic) bond motifs is 1. The van der Waals surface area contributed by atoms with Gasteiger partial charge in [-0.2, -0.15) is 0 Å². The van der Waals surface area contributed by atoms with Gasteiger partial charge in [0, 0.05) is 63.1 Å². The molecule has 0 aliphatic carbocycles. The Morgan fingerprint density at radius 3 is 2.79 bits per heavy atom. The van der Waals surface area contributed by atoms with Gasteiger partial charge in [0.15, 0.2) is 17.5 Å². The Morgan fingerprint density at radius 2 is 2.03 bits per heavy atom. The van der Waals surface area contributed by atoms with Crippen LogP contribution in [-0.2, 0) is 11.2 Å². The molecule has 1 amide bonds. The molecule has 2 aromatic rings. The van der Waals surface area contributed by atoms with Gasteiger partial charge in [-0.25, -0.2) is 0 Å². The number of amides is 1. The van der Waals surface area contributed by atoms with Crippen LogP contribution in [0.1, 0.15) is 17.7 Å². The van der Waals surface area contributed by atoms with Gasteiger partial charge in [0.1, 0.15) is 0 Å². The molecule has 0 fully saturated rings. The topological polar surface area (TPSA) is 75.2 Å². The van der Waals surface area contributed by atoms with E-state index in [0.29, 0.717) is 38.7 Å². The van der Waals surface area contributed by atoms with Crippen molar-refractivity contribution in [2.24, 2.45) is 4.99 Å². The van der Waals surface area contributed by atoms with Crippen molar-refractivity contribution in [2.75, 3.05) is 45.7 Å². The lowest BCUT2D eigenvalue weighted by Gasteiger charge is -2.15. The molecule has 29 heavy (non-hydrogen) atoms. The molecule has 1 aliphatic heterocycles. The lowest BCUT2D eigenvalue weighted by atomic mass is 10.2. The van der Waals surface area contributed by atoms with E-state index in [2.05, 4.69) is 27.1 Å². The van der Waals surface area contributed by atoms with E-state index >= 15 is 0 Å². The van der Waals surface area contributed by atoms with Crippen LogP contribution in [0.5, 0.6) is 11.5 Å². The molecule has 0 spiro atoms. The number of hydrogen-bond donors (Lipinski definition) is 2. The third-order valence-corrected chi connectivity index (χ3v) is 5.28. The number of aliphatic imine (C=N–C) groups is 1. The lowest BCUT2D eigenvalue weighted by Crippen LogP contribution is -2.34. The third kappa shape index (κ3) is 6.67. The second-order valence-corrected chi connectivity index (χ2v) is 7.89. The van der Waals surface area contributed by atoms with Crippen LogP contribution in [0, 0.1) is 0 Å². The summed E-state index contributed by atoms with van der Waals surface area (Å²) < 4.78 is 11.5. The number of hydrogen-bond acceptors (Lipinski definition) is 5. The molecule has 0 bridgehead atoms. The lowest BCUT2D eigenvalue weighted by molar-refractivity contribution is -0.128. The van der Waals surface area contributed by atoms with E-state index in [9.17, 15) is 4.79 Å². The Balaban J connectivity index is 1.64. The molecule has 156 valence electrons. The van der Waals surface area contributed by atoms with Crippen molar-refractivity contribution in [2.45, 2.75) is 19.3 Å². The molecular weight excluding hydrogens is 388 g/mol. The van der Waals surface area contributed by atoms with Gasteiger partial charge >= 0.3 is 0 Å². The average Bonchev–Trinajstić information content (AvgIpc) is 3.11. The summed E-state index contributed by atoms with van der Waals surface area (Å²) in [6.07, 6.45) is 2.15. The van der Waals surface area contributed by atoms with Crippen molar-refractivity contribution >= 4 is 28.9 Å². The Bertz CT molecular complexity index is 821. The smallest absolute Gasteiger partial charge is 0.223 e. The van der Waals surface area contributed by atoms with Gasteiger partial charge < -0.3 is 25.0 Å². The SMILES string of the molecule is CN(C)C(=O)CCNC(=NCCc1cccs1)Nc1ccc2c(c1)OCCCO2. The molecule has 1 aliphatic rings. The number of rotatable bonds is 7. The molecule has 7 nitrogen and oxygen atoms in total. The number of anilines is 1. The maximum absolute atomic E-state index is 11.8. The van der Waals surface area contributed by atoms with Crippen molar-refractivity contribution in [3.05, 3.63) is 40.6 Å². The number of nitrogens with one attached hydrogen (secondary N) is 2. The number of guanidine groups is 1. The maximum Gasteiger partial charge on any atom is 0.223 e. The minimum atomic E-state index is 0.0750. The fourth-order valence-corrected chi connectivity index (χ4v) is 3.46. The fraction of sp³-hybridized carbons (Fsp3) is 0.429. The van der Waals surface area contributed by atoms with Crippen LogP contribution >= 0.6 is 11.3 Å². The van der Waals surface area contributed by atoms with Crippen LogP contribution < -0.4 is 20.1 Å².